The summed E-state index contributed by atoms with van der Waals surface area (Å²) >= 11 is 0. The van der Waals surface area contributed by atoms with Gasteiger partial charge in [-0.15, -0.1) is 0 Å². The highest BCUT2D eigenvalue weighted by Gasteiger charge is 2.16. The molecule has 0 heterocycles. The topological polar surface area (TPSA) is 73.8 Å². The summed E-state index contributed by atoms with van der Waals surface area (Å²) < 4.78 is 27.2. The van der Waals surface area contributed by atoms with Gasteiger partial charge in [0.2, 0.25) is 10.0 Å². The summed E-state index contributed by atoms with van der Waals surface area (Å²) in [4.78, 5) is 6.38. The molecule has 0 unspecified atom stereocenters. The molecule has 0 amide bonds. The van der Waals surface area contributed by atoms with Gasteiger partial charge in [0.25, 0.3) is 0 Å². The highest BCUT2D eigenvalue weighted by Crippen LogP contribution is 2.13. The standard InChI is InChI=1S/C21H30N4O2S/c1-17(2)24-28(26,27)16-20-13-9-8-12-19(20)14-23-21(22-3)25(4)15-18-10-6-5-7-11-18/h5-13,17,24H,14-16H2,1-4H3,(H,22,23). The Morgan fingerprint density at radius 3 is 2.25 bits per heavy atom. The Hall–Kier alpha value is -2.38. The average molecular weight is 403 g/mol. The molecule has 2 aromatic carbocycles. The van der Waals surface area contributed by atoms with E-state index in [4.69, 9.17) is 0 Å². The molecule has 0 aromatic heterocycles. The van der Waals surface area contributed by atoms with Crippen LogP contribution in [0.2, 0.25) is 0 Å². The highest BCUT2D eigenvalue weighted by atomic mass is 32.2. The number of guanidine groups is 1. The van der Waals surface area contributed by atoms with Crippen molar-refractivity contribution in [3.8, 4) is 0 Å². The van der Waals surface area contributed by atoms with Crippen molar-refractivity contribution in [2.75, 3.05) is 14.1 Å². The predicted octanol–water partition coefficient (Wildman–Crippen LogP) is 2.72. The molecule has 0 aliphatic rings. The summed E-state index contributed by atoms with van der Waals surface area (Å²) in [7, 11) is 0.344. The Bertz CT molecular complexity index is 880. The van der Waals surface area contributed by atoms with Crippen LogP contribution in [0.5, 0.6) is 0 Å². The quantitative estimate of drug-likeness (QED) is 0.526. The zero-order valence-corrected chi connectivity index (χ0v) is 17.8. The zero-order valence-electron chi connectivity index (χ0n) is 17.0. The Labute approximate surface area is 168 Å². The van der Waals surface area contributed by atoms with Crippen LogP contribution in [0.4, 0.5) is 0 Å². The lowest BCUT2D eigenvalue weighted by molar-refractivity contribution is 0.476. The third-order valence-corrected chi connectivity index (χ3v) is 5.67. The van der Waals surface area contributed by atoms with Crippen LogP contribution in [0.25, 0.3) is 0 Å². The van der Waals surface area contributed by atoms with E-state index in [-0.39, 0.29) is 11.8 Å². The van der Waals surface area contributed by atoms with Crippen LogP contribution in [0.3, 0.4) is 0 Å². The van der Waals surface area contributed by atoms with Crippen molar-refractivity contribution in [3.63, 3.8) is 0 Å². The summed E-state index contributed by atoms with van der Waals surface area (Å²) in [5.74, 6) is 0.711. The number of rotatable bonds is 8. The summed E-state index contributed by atoms with van der Waals surface area (Å²) in [5.41, 5.74) is 2.91. The largest absolute Gasteiger partial charge is 0.352 e. The Kier molecular flexibility index (Phi) is 8.02. The number of nitrogens with zero attached hydrogens (tertiary/aromatic N) is 2. The first-order chi connectivity index (χ1) is 13.3. The Balaban J connectivity index is 2.05. The van der Waals surface area contributed by atoms with Crippen molar-refractivity contribution in [2.45, 2.75) is 38.7 Å². The minimum Gasteiger partial charge on any atom is -0.352 e. The first-order valence-electron chi connectivity index (χ1n) is 9.33. The van der Waals surface area contributed by atoms with Crippen LogP contribution in [0.15, 0.2) is 59.6 Å². The molecule has 0 atom stereocenters. The van der Waals surface area contributed by atoms with E-state index in [2.05, 4.69) is 27.2 Å². The number of sulfonamides is 1. The maximum absolute atomic E-state index is 12.3. The Morgan fingerprint density at radius 2 is 1.64 bits per heavy atom. The molecule has 2 aromatic rings. The van der Waals surface area contributed by atoms with Gasteiger partial charge in [-0.05, 0) is 30.5 Å². The summed E-state index contributed by atoms with van der Waals surface area (Å²) in [5, 5.41) is 3.33. The van der Waals surface area contributed by atoms with Gasteiger partial charge in [0, 0.05) is 33.2 Å². The number of benzene rings is 2. The van der Waals surface area contributed by atoms with E-state index in [1.165, 1.54) is 5.56 Å². The molecule has 0 saturated heterocycles. The minimum atomic E-state index is -3.38. The number of aliphatic imine (C=N–C) groups is 1. The van der Waals surface area contributed by atoms with Crippen molar-refractivity contribution < 1.29 is 8.42 Å². The lowest BCUT2D eigenvalue weighted by atomic mass is 10.1. The molecule has 0 saturated carbocycles. The Morgan fingerprint density at radius 1 is 1.04 bits per heavy atom. The predicted molar refractivity (Wildman–Crippen MR) is 115 cm³/mol. The third kappa shape index (κ3) is 6.98. The van der Waals surface area contributed by atoms with Crippen LogP contribution in [-0.2, 0) is 28.9 Å². The molecule has 2 N–H and O–H groups in total. The van der Waals surface area contributed by atoms with Crippen LogP contribution in [0.1, 0.15) is 30.5 Å². The lowest BCUT2D eigenvalue weighted by Crippen LogP contribution is -2.38. The van der Waals surface area contributed by atoms with Crippen molar-refractivity contribution >= 4 is 16.0 Å². The van der Waals surface area contributed by atoms with E-state index in [1.54, 1.807) is 7.05 Å². The number of hydrogen-bond acceptors (Lipinski definition) is 3. The van der Waals surface area contributed by atoms with Crippen molar-refractivity contribution in [1.29, 1.82) is 0 Å². The molecule has 7 heteroatoms. The van der Waals surface area contributed by atoms with Gasteiger partial charge in [0.1, 0.15) is 0 Å². The molecule has 0 aliphatic heterocycles. The second-order valence-electron chi connectivity index (χ2n) is 7.04. The highest BCUT2D eigenvalue weighted by molar-refractivity contribution is 7.88. The first kappa shape index (κ1) is 21.9. The minimum absolute atomic E-state index is 0.0402. The van der Waals surface area contributed by atoms with Gasteiger partial charge in [-0.3, -0.25) is 4.99 Å². The number of hydrogen-bond donors (Lipinski definition) is 2. The van der Waals surface area contributed by atoms with Crippen LogP contribution >= 0.6 is 0 Å². The van der Waals surface area contributed by atoms with E-state index in [0.717, 1.165) is 23.6 Å². The van der Waals surface area contributed by atoms with Crippen LogP contribution in [0, 0.1) is 0 Å². The van der Waals surface area contributed by atoms with Gasteiger partial charge in [0.05, 0.1) is 5.75 Å². The fraction of sp³-hybridized carbons (Fsp3) is 0.381. The smallest absolute Gasteiger partial charge is 0.216 e. The molecule has 6 nitrogen and oxygen atoms in total. The summed E-state index contributed by atoms with van der Waals surface area (Å²) in [6.07, 6.45) is 0. The molecule has 0 radical (unpaired) electrons. The van der Waals surface area contributed by atoms with E-state index in [0.29, 0.717) is 6.54 Å². The molecule has 0 aliphatic carbocycles. The van der Waals surface area contributed by atoms with Gasteiger partial charge in [-0.2, -0.15) is 0 Å². The zero-order chi connectivity index (χ0) is 20.6. The molecular weight excluding hydrogens is 372 g/mol. The SMILES string of the molecule is CN=C(NCc1ccccc1CS(=O)(=O)NC(C)C)N(C)Cc1ccccc1. The number of nitrogens with one attached hydrogen (secondary N) is 2. The normalized spacial score (nSPS) is 12.2. The van der Waals surface area contributed by atoms with E-state index in [9.17, 15) is 8.42 Å². The van der Waals surface area contributed by atoms with Gasteiger partial charge in [-0.1, -0.05) is 54.6 Å². The van der Waals surface area contributed by atoms with Crippen molar-refractivity contribution in [1.82, 2.24) is 14.9 Å². The fourth-order valence-electron chi connectivity index (χ4n) is 2.97. The molecular formula is C21H30N4O2S. The lowest BCUT2D eigenvalue weighted by Gasteiger charge is -2.23. The van der Waals surface area contributed by atoms with E-state index in [1.807, 2.05) is 68.3 Å². The first-order valence-corrected chi connectivity index (χ1v) is 11.0. The van der Waals surface area contributed by atoms with Gasteiger partial charge in [-0.25, -0.2) is 13.1 Å². The van der Waals surface area contributed by atoms with Gasteiger partial charge in [0.15, 0.2) is 5.96 Å². The fourth-order valence-corrected chi connectivity index (χ4v) is 4.46. The molecule has 0 fully saturated rings. The molecule has 152 valence electrons. The van der Waals surface area contributed by atoms with Crippen molar-refractivity contribution in [3.05, 3.63) is 71.3 Å². The van der Waals surface area contributed by atoms with Crippen LogP contribution < -0.4 is 10.0 Å². The summed E-state index contributed by atoms with van der Waals surface area (Å²) in [6, 6.07) is 17.6. The van der Waals surface area contributed by atoms with Gasteiger partial charge < -0.3 is 10.2 Å². The third-order valence-electron chi connectivity index (χ3n) is 4.15. The molecule has 0 spiro atoms. The maximum atomic E-state index is 12.3. The monoisotopic (exact) mass is 402 g/mol. The molecule has 0 bridgehead atoms. The average Bonchev–Trinajstić information content (AvgIpc) is 2.63. The van der Waals surface area contributed by atoms with Crippen LogP contribution in [-0.4, -0.2) is 39.4 Å². The van der Waals surface area contributed by atoms with E-state index >= 15 is 0 Å². The van der Waals surface area contributed by atoms with Gasteiger partial charge >= 0.3 is 0 Å². The maximum Gasteiger partial charge on any atom is 0.216 e. The van der Waals surface area contributed by atoms with Crippen molar-refractivity contribution in [2.24, 2.45) is 4.99 Å². The second kappa shape index (κ2) is 10.2. The second-order valence-corrected chi connectivity index (χ2v) is 8.80. The van der Waals surface area contributed by atoms with E-state index < -0.39 is 10.0 Å². The molecule has 28 heavy (non-hydrogen) atoms. The molecule has 2 rings (SSSR count). The summed E-state index contributed by atoms with van der Waals surface area (Å²) in [6.45, 7) is 4.86.